The largest absolute Gasteiger partial charge is 0.396 e. The van der Waals surface area contributed by atoms with Crippen molar-refractivity contribution in [1.29, 1.82) is 0 Å². The molecular weight excluding hydrogens is 228 g/mol. The van der Waals surface area contributed by atoms with Crippen molar-refractivity contribution in [3.8, 4) is 0 Å². The first-order chi connectivity index (χ1) is 8.85. The summed E-state index contributed by atoms with van der Waals surface area (Å²) in [5, 5.41) is 12.6. The molecule has 0 radical (unpaired) electrons. The molecular formula is C13H20N4O. The number of hydrogen-bond donors (Lipinski definition) is 2. The fraction of sp³-hybridized carbons (Fsp3) is 0.692. The molecule has 3 rings (SSSR count). The van der Waals surface area contributed by atoms with Crippen LogP contribution in [-0.4, -0.2) is 40.8 Å². The fourth-order valence-corrected chi connectivity index (χ4v) is 2.32. The van der Waals surface area contributed by atoms with Crippen LogP contribution >= 0.6 is 0 Å². The second-order valence-electron chi connectivity index (χ2n) is 5.33. The van der Waals surface area contributed by atoms with Crippen LogP contribution in [0, 0.1) is 5.92 Å². The van der Waals surface area contributed by atoms with Crippen LogP contribution in [0.1, 0.15) is 24.8 Å². The molecule has 0 spiro atoms. The lowest BCUT2D eigenvalue weighted by Crippen LogP contribution is -2.23. The lowest BCUT2D eigenvalue weighted by molar-refractivity contribution is 0.238. The second kappa shape index (κ2) is 5.20. The van der Waals surface area contributed by atoms with Crippen molar-refractivity contribution >= 4 is 5.95 Å². The SMILES string of the molecule is OCC1CCN(c2ncc(CNC3CC3)cn2)C1. The monoisotopic (exact) mass is 248 g/mol. The Morgan fingerprint density at radius 2 is 2.06 bits per heavy atom. The van der Waals surface area contributed by atoms with E-state index in [-0.39, 0.29) is 6.61 Å². The zero-order chi connectivity index (χ0) is 12.4. The van der Waals surface area contributed by atoms with Gasteiger partial charge in [0.25, 0.3) is 0 Å². The first-order valence-electron chi connectivity index (χ1n) is 6.75. The number of nitrogens with one attached hydrogen (secondary N) is 1. The molecule has 0 bridgehead atoms. The smallest absolute Gasteiger partial charge is 0.225 e. The van der Waals surface area contributed by atoms with Crippen molar-refractivity contribution in [2.24, 2.45) is 5.92 Å². The Balaban J connectivity index is 1.56. The highest BCUT2D eigenvalue weighted by atomic mass is 16.3. The highest BCUT2D eigenvalue weighted by Crippen LogP contribution is 2.21. The molecule has 0 aromatic carbocycles. The van der Waals surface area contributed by atoms with Gasteiger partial charge < -0.3 is 15.3 Å². The molecule has 18 heavy (non-hydrogen) atoms. The lowest BCUT2D eigenvalue weighted by atomic mass is 10.1. The van der Waals surface area contributed by atoms with Gasteiger partial charge in [0, 0.05) is 56.2 Å². The Morgan fingerprint density at radius 1 is 1.28 bits per heavy atom. The Labute approximate surface area is 107 Å². The van der Waals surface area contributed by atoms with Crippen LogP contribution in [0.15, 0.2) is 12.4 Å². The number of hydrogen-bond acceptors (Lipinski definition) is 5. The molecule has 0 amide bonds. The number of aliphatic hydroxyl groups is 1. The Kier molecular flexibility index (Phi) is 3.43. The zero-order valence-corrected chi connectivity index (χ0v) is 10.5. The summed E-state index contributed by atoms with van der Waals surface area (Å²) >= 11 is 0. The summed E-state index contributed by atoms with van der Waals surface area (Å²) in [5.41, 5.74) is 1.14. The maximum Gasteiger partial charge on any atom is 0.225 e. The number of nitrogens with zero attached hydrogens (tertiary/aromatic N) is 3. The molecule has 1 aliphatic carbocycles. The third-order valence-corrected chi connectivity index (χ3v) is 3.69. The topological polar surface area (TPSA) is 61.3 Å². The second-order valence-corrected chi connectivity index (χ2v) is 5.33. The third-order valence-electron chi connectivity index (χ3n) is 3.69. The molecule has 1 saturated heterocycles. The van der Waals surface area contributed by atoms with Gasteiger partial charge in [0.15, 0.2) is 0 Å². The molecule has 2 fully saturated rings. The van der Waals surface area contributed by atoms with E-state index in [4.69, 9.17) is 5.11 Å². The summed E-state index contributed by atoms with van der Waals surface area (Å²) in [4.78, 5) is 11.0. The lowest BCUT2D eigenvalue weighted by Gasteiger charge is -2.15. The van der Waals surface area contributed by atoms with Crippen molar-refractivity contribution in [3.05, 3.63) is 18.0 Å². The standard InChI is InChI=1S/C13H20N4O/c18-9-10-3-4-17(8-10)13-15-6-11(7-16-13)5-14-12-1-2-12/h6-7,10,12,14,18H,1-5,8-9H2. The summed E-state index contributed by atoms with van der Waals surface area (Å²) in [6.07, 6.45) is 7.45. The average Bonchev–Trinajstić information content (AvgIpc) is 3.12. The van der Waals surface area contributed by atoms with Crippen LogP contribution in [0.2, 0.25) is 0 Å². The van der Waals surface area contributed by atoms with Gasteiger partial charge in [0.1, 0.15) is 0 Å². The summed E-state index contributed by atoms with van der Waals surface area (Å²) in [7, 11) is 0. The van der Waals surface area contributed by atoms with Crippen molar-refractivity contribution < 1.29 is 5.11 Å². The van der Waals surface area contributed by atoms with Gasteiger partial charge in [0.05, 0.1) is 0 Å². The molecule has 5 heteroatoms. The van der Waals surface area contributed by atoms with Crippen LogP contribution < -0.4 is 10.2 Å². The van der Waals surface area contributed by atoms with E-state index in [2.05, 4.69) is 20.2 Å². The minimum absolute atomic E-state index is 0.264. The van der Waals surface area contributed by atoms with E-state index in [1.807, 2.05) is 12.4 Å². The van der Waals surface area contributed by atoms with Gasteiger partial charge in [-0.25, -0.2) is 9.97 Å². The van der Waals surface area contributed by atoms with Crippen LogP contribution in [0.25, 0.3) is 0 Å². The van der Waals surface area contributed by atoms with Crippen molar-refractivity contribution in [1.82, 2.24) is 15.3 Å². The average molecular weight is 248 g/mol. The van der Waals surface area contributed by atoms with Gasteiger partial charge in [-0.1, -0.05) is 0 Å². The molecule has 1 atom stereocenters. The number of rotatable bonds is 5. The summed E-state index contributed by atoms with van der Waals surface area (Å²) in [6, 6.07) is 0.716. The van der Waals surface area contributed by atoms with Gasteiger partial charge >= 0.3 is 0 Å². The predicted molar refractivity (Wildman–Crippen MR) is 69.3 cm³/mol. The molecule has 2 aliphatic rings. The molecule has 5 nitrogen and oxygen atoms in total. The minimum atomic E-state index is 0.264. The van der Waals surface area contributed by atoms with E-state index >= 15 is 0 Å². The van der Waals surface area contributed by atoms with Crippen molar-refractivity contribution in [2.45, 2.75) is 31.8 Å². The van der Waals surface area contributed by atoms with Gasteiger partial charge in [-0.2, -0.15) is 0 Å². The minimum Gasteiger partial charge on any atom is -0.396 e. The van der Waals surface area contributed by atoms with E-state index < -0.39 is 0 Å². The fourth-order valence-electron chi connectivity index (χ4n) is 2.32. The molecule has 1 aliphatic heterocycles. The summed E-state index contributed by atoms with van der Waals surface area (Å²) in [5.74, 6) is 1.17. The first kappa shape index (κ1) is 11.9. The van der Waals surface area contributed by atoms with Crippen molar-refractivity contribution in [3.63, 3.8) is 0 Å². The Morgan fingerprint density at radius 3 is 2.67 bits per heavy atom. The predicted octanol–water partition coefficient (Wildman–Crippen LogP) is 0.547. The number of aliphatic hydroxyl groups excluding tert-OH is 1. The normalized spacial score (nSPS) is 23.6. The Bertz CT molecular complexity index is 390. The summed E-state index contributed by atoms with van der Waals surface area (Å²) in [6.45, 7) is 2.95. The van der Waals surface area contributed by atoms with Crippen LogP contribution in [0.4, 0.5) is 5.95 Å². The van der Waals surface area contributed by atoms with E-state index in [0.29, 0.717) is 12.0 Å². The number of aromatic nitrogens is 2. The van der Waals surface area contributed by atoms with Crippen LogP contribution in [0.3, 0.4) is 0 Å². The zero-order valence-electron chi connectivity index (χ0n) is 10.5. The molecule has 1 aromatic rings. The molecule has 1 unspecified atom stereocenters. The third kappa shape index (κ3) is 2.79. The van der Waals surface area contributed by atoms with Crippen LogP contribution in [-0.2, 0) is 6.54 Å². The van der Waals surface area contributed by atoms with E-state index in [0.717, 1.165) is 37.6 Å². The molecule has 2 heterocycles. The quantitative estimate of drug-likeness (QED) is 0.796. The summed E-state index contributed by atoms with van der Waals surface area (Å²) < 4.78 is 0. The molecule has 1 aromatic heterocycles. The van der Waals surface area contributed by atoms with Gasteiger partial charge in [-0.05, 0) is 19.3 Å². The Hall–Kier alpha value is -1.20. The van der Waals surface area contributed by atoms with Gasteiger partial charge in [0.2, 0.25) is 5.95 Å². The van der Waals surface area contributed by atoms with E-state index in [1.54, 1.807) is 0 Å². The molecule has 98 valence electrons. The van der Waals surface area contributed by atoms with E-state index in [1.165, 1.54) is 12.8 Å². The van der Waals surface area contributed by atoms with Crippen LogP contribution in [0.5, 0.6) is 0 Å². The molecule has 2 N–H and O–H groups in total. The first-order valence-corrected chi connectivity index (χ1v) is 6.75. The van der Waals surface area contributed by atoms with Gasteiger partial charge in [-0.3, -0.25) is 0 Å². The maximum absolute atomic E-state index is 9.13. The van der Waals surface area contributed by atoms with Gasteiger partial charge in [-0.15, -0.1) is 0 Å². The highest BCUT2D eigenvalue weighted by Gasteiger charge is 2.23. The molecule has 1 saturated carbocycles. The van der Waals surface area contributed by atoms with E-state index in [9.17, 15) is 0 Å². The van der Waals surface area contributed by atoms with Crippen molar-refractivity contribution in [2.75, 3.05) is 24.6 Å². The maximum atomic E-state index is 9.13. The number of anilines is 1. The highest BCUT2D eigenvalue weighted by molar-refractivity contribution is 5.31.